The lowest BCUT2D eigenvalue weighted by Crippen LogP contribution is -2.32. The molecule has 7 nitrogen and oxygen atoms in total. The van der Waals surface area contributed by atoms with E-state index in [1.165, 1.54) is 0 Å². The summed E-state index contributed by atoms with van der Waals surface area (Å²) in [7, 11) is 0. The Bertz CT molecular complexity index is 807. The van der Waals surface area contributed by atoms with Crippen LogP contribution in [0.5, 0.6) is 5.75 Å². The number of nitrogens with zero attached hydrogens (tertiary/aromatic N) is 4. The Kier molecular flexibility index (Phi) is 6.01. The summed E-state index contributed by atoms with van der Waals surface area (Å²) in [6, 6.07) is 9.43. The van der Waals surface area contributed by atoms with E-state index in [1.54, 1.807) is 0 Å². The lowest BCUT2D eigenvalue weighted by Gasteiger charge is -2.15. The van der Waals surface area contributed by atoms with Crippen LogP contribution in [0, 0.1) is 13.8 Å². The Morgan fingerprint density at radius 3 is 2.41 bits per heavy atom. The molecule has 27 heavy (non-hydrogen) atoms. The standard InChI is InChI=1S/C20H25N5O2/c1-14-12-15(2)22-20(21-14)24-23-16(3)17-6-8-18(9-7-17)27-13-19(26)25-10-4-5-11-25/h6-9,12H,4-5,10-11,13H2,1-3H3,(H,21,22,24)/b23-16+. The van der Waals surface area contributed by atoms with E-state index >= 15 is 0 Å². The van der Waals surface area contributed by atoms with Gasteiger partial charge >= 0.3 is 0 Å². The van der Waals surface area contributed by atoms with Gasteiger partial charge in [-0.05, 0) is 69.5 Å². The molecule has 1 saturated heterocycles. The lowest BCUT2D eigenvalue weighted by atomic mass is 10.1. The Morgan fingerprint density at radius 1 is 1.15 bits per heavy atom. The van der Waals surface area contributed by atoms with Gasteiger partial charge in [0.15, 0.2) is 6.61 Å². The average molecular weight is 367 g/mol. The molecule has 1 aliphatic rings. The van der Waals surface area contributed by atoms with Gasteiger partial charge in [0.1, 0.15) is 5.75 Å². The molecule has 0 aliphatic carbocycles. The average Bonchev–Trinajstić information content (AvgIpc) is 3.19. The maximum atomic E-state index is 12.0. The fourth-order valence-electron chi connectivity index (χ4n) is 2.97. The van der Waals surface area contributed by atoms with Crippen molar-refractivity contribution in [1.29, 1.82) is 0 Å². The lowest BCUT2D eigenvalue weighted by molar-refractivity contribution is -0.132. The van der Waals surface area contributed by atoms with Crippen LogP contribution in [-0.2, 0) is 4.79 Å². The van der Waals surface area contributed by atoms with Gasteiger partial charge in [-0.15, -0.1) is 0 Å². The van der Waals surface area contributed by atoms with Crippen molar-refractivity contribution in [2.75, 3.05) is 25.1 Å². The molecule has 0 radical (unpaired) electrons. The Hall–Kier alpha value is -2.96. The summed E-state index contributed by atoms with van der Waals surface area (Å²) >= 11 is 0. The van der Waals surface area contributed by atoms with E-state index in [2.05, 4.69) is 20.5 Å². The predicted octanol–water partition coefficient (Wildman–Crippen LogP) is 2.93. The van der Waals surface area contributed by atoms with E-state index in [0.29, 0.717) is 11.7 Å². The van der Waals surface area contributed by atoms with Gasteiger partial charge in [-0.2, -0.15) is 5.10 Å². The van der Waals surface area contributed by atoms with Gasteiger partial charge in [-0.1, -0.05) is 0 Å². The number of hydrogen-bond acceptors (Lipinski definition) is 6. The van der Waals surface area contributed by atoms with Gasteiger partial charge in [-0.3, -0.25) is 4.79 Å². The molecular formula is C20H25N5O2. The summed E-state index contributed by atoms with van der Waals surface area (Å²) in [5.74, 6) is 1.20. The molecular weight excluding hydrogens is 342 g/mol. The summed E-state index contributed by atoms with van der Waals surface area (Å²) in [6.45, 7) is 7.51. The van der Waals surface area contributed by atoms with Crippen molar-refractivity contribution in [3.8, 4) is 5.75 Å². The highest BCUT2D eigenvalue weighted by molar-refractivity contribution is 5.99. The number of hydrogen-bond donors (Lipinski definition) is 1. The van der Waals surface area contributed by atoms with E-state index in [1.807, 2.05) is 56.0 Å². The summed E-state index contributed by atoms with van der Waals surface area (Å²) in [5.41, 5.74) is 6.43. The number of aryl methyl sites for hydroxylation is 2. The number of ether oxygens (including phenoxy) is 1. The second-order valence-corrected chi connectivity index (χ2v) is 6.68. The SMILES string of the molecule is C/C(=N\Nc1nc(C)cc(C)n1)c1ccc(OCC(=O)N2CCCC2)cc1. The molecule has 0 bridgehead atoms. The molecule has 0 spiro atoms. The van der Waals surface area contributed by atoms with Gasteiger partial charge in [0.25, 0.3) is 5.91 Å². The predicted molar refractivity (Wildman–Crippen MR) is 105 cm³/mol. The molecule has 1 N–H and O–H groups in total. The molecule has 7 heteroatoms. The van der Waals surface area contributed by atoms with Gasteiger partial charge in [0, 0.05) is 24.5 Å². The van der Waals surface area contributed by atoms with E-state index in [-0.39, 0.29) is 12.5 Å². The molecule has 2 heterocycles. The van der Waals surface area contributed by atoms with Crippen LogP contribution >= 0.6 is 0 Å². The molecule has 1 aromatic carbocycles. The van der Waals surface area contributed by atoms with Crippen LogP contribution in [0.3, 0.4) is 0 Å². The largest absolute Gasteiger partial charge is 0.484 e. The fourth-order valence-corrected chi connectivity index (χ4v) is 2.97. The first-order chi connectivity index (χ1) is 13.0. The van der Waals surface area contributed by atoms with Gasteiger partial charge in [0.05, 0.1) is 5.71 Å². The monoisotopic (exact) mass is 367 g/mol. The highest BCUT2D eigenvalue weighted by Crippen LogP contribution is 2.14. The quantitative estimate of drug-likeness (QED) is 0.627. The number of rotatable bonds is 6. The van der Waals surface area contributed by atoms with Crippen LogP contribution in [-0.4, -0.2) is 46.2 Å². The van der Waals surface area contributed by atoms with Gasteiger partial charge in [-0.25, -0.2) is 15.4 Å². The first kappa shape index (κ1) is 18.8. The number of likely N-dealkylation sites (tertiary alicyclic amines) is 1. The number of benzene rings is 1. The Morgan fingerprint density at radius 2 is 1.78 bits per heavy atom. The first-order valence-corrected chi connectivity index (χ1v) is 9.15. The van der Waals surface area contributed by atoms with E-state index in [0.717, 1.165) is 48.6 Å². The summed E-state index contributed by atoms with van der Waals surface area (Å²) in [6.07, 6.45) is 2.17. The minimum Gasteiger partial charge on any atom is -0.484 e. The zero-order valence-electron chi connectivity index (χ0n) is 16.0. The third-order valence-electron chi connectivity index (χ3n) is 4.40. The zero-order valence-corrected chi connectivity index (χ0v) is 16.0. The number of anilines is 1. The highest BCUT2D eigenvalue weighted by atomic mass is 16.5. The molecule has 3 rings (SSSR count). The molecule has 1 amide bonds. The molecule has 1 aromatic heterocycles. The van der Waals surface area contributed by atoms with Crippen LogP contribution in [0.15, 0.2) is 35.4 Å². The summed E-state index contributed by atoms with van der Waals surface area (Å²) in [5, 5.41) is 4.34. The normalized spacial score (nSPS) is 14.3. The van der Waals surface area contributed by atoms with Crippen molar-refractivity contribution in [3.05, 3.63) is 47.3 Å². The first-order valence-electron chi connectivity index (χ1n) is 9.15. The van der Waals surface area contributed by atoms with Gasteiger partial charge < -0.3 is 9.64 Å². The summed E-state index contributed by atoms with van der Waals surface area (Å²) < 4.78 is 5.60. The molecule has 1 aliphatic heterocycles. The van der Waals surface area contributed by atoms with Crippen LogP contribution in [0.2, 0.25) is 0 Å². The number of aromatic nitrogens is 2. The second-order valence-electron chi connectivity index (χ2n) is 6.68. The molecule has 1 fully saturated rings. The van der Waals surface area contributed by atoms with Crippen molar-refractivity contribution >= 4 is 17.6 Å². The number of carbonyl (C=O) groups excluding carboxylic acids is 1. The molecule has 142 valence electrons. The van der Waals surface area contributed by atoms with Crippen LogP contribution in [0.25, 0.3) is 0 Å². The number of hydrazone groups is 1. The van der Waals surface area contributed by atoms with Gasteiger partial charge in [0.2, 0.25) is 5.95 Å². The molecule has 0 atom stereocenters. The van der Waals surface area contributed by atoms with Crippen LogP contribution in [0.4, 0.5) is 5.95 Å². The number of amides is 1. The maximum absolute atomic E-state index is 12.0. The topological polar surface area (TPSA) is 79.7 Å². The Labute approximate surface area is 159 Å². The van der Waals surface area contributed by atoms with Crippen LogP contribution < -0.4 is 10.2 Å². The van der Waals surface area contributed by atoms with E-state index in [4.69, 9.17) is 4.74 Å². The fraction of sp³-hybridized carbons (Fsp3) is 0.400. The minimum absolute atomic E-state index is 0.0481. The van der Waals surface area contributed by atoms with Crippen molar-refractivity contribution < 1.29 is 9.53 Å². The second kappa shape index (κ2) is 8.62. The van der Waals surface area contributed by atoms with Crippen molar-refractivity contribution in [2.45, 2.75) is 33.6 Å². The third-order valence-corrected chi connectivity index (χ3v) is 4.40. The molecule has 0 unspecified atom stereocenters. The van der Waals surface area contributed by atoms with Crippen molar-refractivity contribution in [1.82, 2.24) is 14.9 Å². The minimum atomic E-state index is 0.0481. The molecule has 2 aromatic rings. The zero-order chi connectivity index (χ0) is 19.2. The van der Waals surface area contributed by atoms with E-state index in [9.17, 15) is 4.79 Å². The van der Waals surface area contributed by atoms with Crippen LogP contribution in [0.1, 0.15) is 36.7 Å². The number of carbonyl (C=O) groups is 1. The maximum Gasteiger partial charge on any atom is 0.260 e. The van der Waals surface area contributed by atoms with E-state index < -0.39 is 0 Å². The third kappa shape index (κ3) is 5.26. The van der Waals surface area contributed by atoms with Crippen molar-refractivity contribution in [2.24, 2.45) is 5.10 Å². The Balaban J connectivity index is 1.56. The summed E-state index contributed by atoms with van der Waals surface area (Å²) in [4.78, 5) is 22.5. The smallest absolute Gasteiger partial charge is 0.260 e. The van der Waals surface area contributed by atoms with Crippen molar-refractivity contribution in [3.63, 3.8) is 0 Å². The number of nitrogens with one attached hydrogen (secondary N) is 1. The highest BCUT2D eigenvalue weighted by Gasteiger charge is 2.18. The molecule has 0 saturated carbocycles.